The van der Waals surface area contributed by atoms with E-state index in [1.54, 1.807) is 6.20 Å². The van der Waals surface area contributed by atoms with Crippen LogP contribution in [0, 0.1) is 0 Å². The van der Waals surface area contributed by atoms with Crippen molar-refractivity contribution >= 4 is 18.0 Å². The fourth-order valence-corrected chi connectivity index (χ4v) is 2.18. The van der Waals surface area contributed by atoms with E-state index >= 15 is 0 Å². The number of hydrogen-bond donors (Lipinski definition) is 7. The summed E-state index contributed by atoms with van der Waals surface area (Å²) in [6.45, 7) is -0.848. The molecule has 0 fully saturated rings. The summed E-state index contributed by atoms with van der Waals surface area (Å²) in [5.74, 6) is -2.87. The molecule has 0 aromatic carbocycles. The van der Waals surface area contributed by atoms with Gasteiger partial charge in [-0.15, -0.1) is 0 Å². The van der Waals surface area contributed by atoms with Crippen molar-refractivity contribution < 1.29 is 34.2 Å². The molecule has 2 aromatic rings. The van der Waals surface area contributed by atoms with Crippen LogP contribution in [0.5, 0.6) is 0 Å². The fraction of sp³-hybridized carbons (Fsp3) is 0.429. The van der Waals surface area contributed by atoms with Gasteiger partial charge in [0.15, 0.2) is 11.9 Å². The highest BCUT2D eigenvalue weighted by Gasteiger charge is 2.27. The second-order valence-electron chi connectivity index (χ2n) is 5.72. The summed E-state index contributed by atoms with van der Waals surface area (Å²) in [5.41, 5.74) is 6.70. The van der Waals surface area contributed by atoms with E-state index in [2.05, 4.69) is 25.4 Å². The van der Waals surface area contributed by atoms with Gasteiger partial charge >= 0.3 is 18.0 Å². The van der Waals surface area contributed by atoms with Crippen LogP contribution in [0.15, 0.2) is 17.0 Å². The second kappa shape index (κ2) is 9.43. The number of aliphatic hydroxyl groups is 1. The van der Waals surface area contributed by atoms with E-state index in [1.165, 1.54) is 6.33 Å². The Kier molecular flexibility index (Phi) is 7.00. The second-order valence-corrected chi connectivity index (χ2v) is 5.72. The lowest BCUT2D eigenvalue weighted by atomic mass is 10.1. The molecule has 8 N–H and O–H groups in total. The number of carboxylic acid groups (broad SMARTS) is 2. The van der Waals surface area contributed by atoms with Crippen LogP contribution in [-0.4, -0.2) is 66.0 Å². The van der Waals surface area contributed by atoms with Gasteiger partial charge in [0.1, 0.15) is 6.04 Å². The number of H-pyrrole nitrogens is 1. The summed E-state index contributed by atoms with van der Waals surface area (Å²) in [6.07, 6.45) is 2.75. The van der Waals surface area contributed by atoms with Gasteiger partial charge in [0.25, 0.3) is 0 Å². The van der Waals surface area contributed by atoms with E-state index in [9.17, 15) is 14.4 Å². The molecule has 2 heterocycles. The SMILES string of the molecule is N[C@@H](Cc1cnc[nH]1)c1noc([C@H](CC(=O)O)NC(=O)N[C@@H](CO)C(=O)O)n1. The molecule has 0 spiro atoms. The zero-order valence-corrected chi connectivity index (χ0v) is 14.4. The molecule has 3 atom stereocenters. The van der Waals surface area contributed by atoms with Crippen LogP contribution in [0.25, 0.3) is 0 Å². The van der Waals surface area contributed by atoms with Crippen LogP contribution in [0.4, 0.5) is 4.79 Å². The van der Waals surface area contributed by atoms with Gasteiger partial charge in [-0.3, -0.25) is 4.79 Å². The fourth-order valence-electron chi connectivity index (χ4n) is 2.18. The van der Waals surface area contributed by atoms with Gasteiger partial charge in [0, 0.05) is 18.3 Å². The number of carboxylic acids is 2. The molecule has 2 amide bonds. The summed E-state index contributed by atoms with van der Waals surface area (Å²) in [7, 11) is 0. The number of aliphatic hydroxyl groups excluding tert-OH is 1. The number of nitrogens with one attached hydrogen (secondary N) is 3. The number of nitrogens with zero attached hydrogens (tertiary/aromatic N) is 3. The first kappa shape index (κ1) is 20.8. The number of aromatic nitrogens is 4. The van der Waals surface area contributed by atoms with E-state index in [-0.39, 0.29) is 11.7 Å². The summed E-state index contributed by atoms with van der Waals surface area (Å²) >= 11 is 0. The third-order valence-electron chi connectivity index (χ3n) is 3.55. The minimum atomic E-state index is -1.56. The topological polar surface area (TPSA) is 230 Å². The zero-order chi connectivity index (χ0) is 20.7. The molecule has 2 aromatic heterocycles. The number of urea groups is 1. The lowest BCUT2D eigenvalue weighted by Crippen LogP contribution is -2.48. The van der Waals surface area contributed by atoms with Gasteiger partial charge in [0.2, 0.25) is 5.89 Å². The Balaban J connectivity index is 2.08. The molecule has 0 aliphatic rings. The number of carbonyl (C=O) groups is 3. The summed E-state index contributed by atoms with van der Waals surface area (Å²) in [5, 5.41) is 34.7. The molecule has 14 nitrogen and oxygen atoms in total. The van der Waals surface area contributed by atoms with Crippen LogP contribution in [0.1, 0.15) is 35.9 Å². The average Bonchev–Trinajstić information content (AvgIpc) is 3.30. The molecular weight excluding hydrogens is 378 g/mol. The molecule has 0 bridgehead atoms. The molecule has 2 rings (SSSR count). The maximum absolute atomic E-state index is 11.9. The first-order valence-electron chi connectivity index (χ1n) is 7.99. The predicted molar refractivity (Wildman–Crippen MR) is 88.7 cm³/mol. The van der Waals surface area contributed by atoms with Gasteiger partial charge in [-0.25, -0.2) is 14.6 Å². The minimum Gasteiger partial charge on any atom is -0.481 e. The quantitative estimate of drug-likeness (QED) is 0.239. The van der Waals surface area contributed by atoms with Gasteiger partial charge in [-0.1, -0.05) is 5.16 Å². The molecule has 0 aliphatic carbocycles. The van der Waals surface area contributed by atoms with Crippen molar-refractivity contribution in [2.24, 2.45) is 5.73 Å². The molecule has 0 unspecified atom stereocenters. The average molecular weight is 397 g/mol. The van der Waals surface area contributed by atoms with Crippen molar-refractivity contribution in [1.29, 1.82) is 0 Å². The Morgan fingerprint density at radius 3 is 2.61 bits per heavy atom. The molecule has 0 aliphatic heterocycles. The lowest BCUT2D eigenvalue weighted by molar-refractivity contribution is -0.140. The van der Waals surface area contributed by atoms with Crippen molar-refractivity contribution in [3.8, 4) is 0 Å². The lowest BCUT2D eigenvalue weighted by Gasteiger charge is -2.16. The van der Waals surface area contributed by atoms with E-state index in [4.69, 9.17) is 25.6 Å². The number of carbonyl (C=O) groups excluding carboxylic acids is 1. The molecule has 28 heavy (non-hydrogen) atoms. The van der Waals surface area contributed by atoms with Gasteiger partial charge in [-0.05, 0) is 0 Å². The normalized spacial score (nSPS) is 14.1. The van der Waals surface area contributed by atoms with Crippen LogP contribution in [-0.2, 0) is 16.0 Å². The Labute approximate surface area is 157 Å². The monoisotopic (exact) mass is 397 g/mol. The highest BCUT2D eigenvalue weighted by atomic mass is 16.5. The number of hydrogen-bond acceptors (Lipinski definition) is 9. The molecule has 14 heteroatoms. The number of aromatic amines is 1. The Bertz CT molecular complexity index is 807. The third-order valence-corrected chi connectivity index (χ3v) is 3.55. The standard InChI is InChI=1S/C14H19N7O7/c15-7(1-6-3-16-5-17-6)11-20-12(28-21-11)8(2-10(23)24)18-14(27)19-9(4-22)13(25)26/h3,5,7-9,22H,1-2,4,15H2,(H,16,17)(H,23,24)(H,25,26)(H2,18,19,27)/t7-,8-,9-/m0/s1. The van der Waals surface area contributed by atoms with Crippen molar-refractivity contribution in [3.63, 3.8) is 0 Å². The zero-order valence-electron chi connectivity index (χ0n) is 14.4. The van der Waals surface area contributed by atoms with Gasteiger partial charge < -0.3 is 41.2 Å². The Morgan fingerprint density at radius 2 is 2.04 bits per heavy atom. The van der Waals surface area contributed by atoms with Crippen LogP contribution in [0.3, 0.4) is 0 Å². The van der Waals surface area contributed by atoms with E-state index in [0.29, 0.717) is 6.42 Å². The van der Waals surface area contributed by atoms with E-state index < -0.39 is 49.1 Å². The molecule has 0 saturated carbocycles. The molecule has 152 valence electrons. The number of rotatable bonds is 10. The Hall–Kier alpha value is -3.52. The number of imidazole rings is 1. The predicted octanol–water partition coefficient (Wildman–Crippen LogP) is -1.70. The number of aliphatic carboxylic acids is 2. The highest BCUT2D eigenvalue weighted by molar-refractivity contribution is 5.83. The minimum absolute atomic E-state index is 0.0842. The van der Waals surface area contributed by atoms with Crippen molar-refractivity contribution in [2.75, 3.05) is 6.61 Å². The molecule has 0 saturated heterocycles. The van der Waals surface area contributed by atoms with Gasteiger partial charge in [0.05, 0.1) is 25.4 Å². The number of nitrogens with two attached hydrogens (primary N) is 1. The number of amides is 2. The van der Waals surface area contributed by atoms with Crippen LogP contribution < -0.4 is 16.4 Å². The summed E-state index contributed by atoms with van der Waals surface area (Å²) in [6, 6.07) is -4.52. The van der Waals surface area contributed by atoms with E-state index in [0.717, 1.165) is 5.69 Å². The largest absolute Gasteiger partial charge is 0.481 e. The highest BCUT2D eigenvalue weighted by Crippen LogP contribution is 2.18. The van der Waals surface area contributed by atoms with Crippen molar-refractivity contribution in [1.82, 2.24) is 30.7 Å². The van der Waals surface area contributed by atoms with Gasteiger partial charge in [-0.2, -0.15) is 4.98 Å². The summed E-state index contributed by atoms with van der Waals surface area (Å²) in [4.78, 5) is 44.6. The van der Waals surface area contributed by atoms with Crippen molar-refractivity contribution in [3.05, 3.63) is 29.9 Å². The van der Waals surface area contributed by atoms with Crippen molar-refractivity contribution in [2.45, 2.75) is 31.0 Å². The third kappa shape index (κ3) is 5.75. The smallest absolute Gasteiger partial charge is 0.328 e. The molecular formula is C14H19N7O7. The maximum Gasteiger partial charge on any atom is 0.328 e. The van der Waals surface area contributed by atoms with Crippen LogP contribution in [0.2, 0.25) is 0 Å². The summed E-state index contributed by atoms with van der Waals surface area (Å²) < 4.78 is 5.01. The first-order chi connectivity index (χ1) is 13.3. The molecule has 0 radical (unpaired) electrons. The van der Waals surface area contributed by atoms with E-state index in [1.807, 2.05) is 5.32 Å². The van der Waals surface area contributed by atoms with Crippen LogP contribution >= 0.6 is 0 Å². The Morgan fingerprint density at radius 1 is 1.29 bits per heavy atom. The maximum atomic E-state index is 11.9. The first-order valence-corrected chi connectivity index (χ1v) is 7.99.